The maximum Gasteiger partial charge on any atom is 0.323 e. The number of hydrogen-bond donors (Lipinski definition) is 3. The van der Waals surface area contributed by atoms with Crippen molar-refractivity contribution in [1.29, 1.82) is 0 Å². The van der Waals surface area contributed by atoms with E-state index in [9.17, 15) is 9.59 Å². The van der Waals surface area contributed by atoms with Crippen LogP contribution in [0.1, 0.15) is 10.8 Å². The van der Waals surface area contributed by atoms with Crippen LogP contribution in [0, 0.1) is 0 Å². The first-order valence-electron chi connectivity index (χ1n) is 12.1. The Kier molecular flexibility index (Phi) is 9.03. The molecule has 40 heavy (non-hydrogen) atoms. The summed E-state index contributed by atoms with van der Waals surface area (Å²) in [6, 6.07) is 31.0. The third kappa shape index (κ3) is 7.22. The van der Waals surface area contributed by atoms with Gasteiger partial charge in [-0.3, -0.25) is 4.79 Å². The van der Waals surface area contributed by atoms with Crippen LogP contribution in [0.4, 0.5) is 21.3 Å². The first-order chi connectivity index (χ1) is 19.4. The smallest absolute Gasteiger partial charge is 0.308 e. The highest BCUT2D eigenvalue weighted by atomic mass is 35.5. The zero-order chi connectivity index (χ0) is 27.9. The van der Waals surface area contributed by atoms with Crippen molar-refractivity contribution in [2.75, 3.05) is 16.0 Å². The van der Waals surface area contributed by atoms with Crippen LogP contribution < -0.4 is 16.0 Å². The van der Waals surface area contributed by atoms with E-state index < -0.39 is 5.25 Å². The first kappa shape index (κ1) is 27.7. The van der Waals surface area contributed by atoms with E-state index in [4.69, 9.17) is 23.2 Å². The van der Waals surface area contributed by atoms with Gasteiger partial charge >= 0.3 is 6.03 Å². The molecular formula is C30H22Cl2N4O2S2. The predicted molar refractivity (Wildman–Crippen MR) is 167 cm³/mol. The summed E-state index contributed by atoms with van der Waals surface area (Å²) in [4.78, 5) is 31.2. The van der Waals surface area contributed by atoms with Crippen molar-refractivity contribution in [3.8, 4) is 11.3 Å². The predicted octanol–water partition coefficient (Wildman–Crippen LogP) is 9.23. The van der Waals surface area contributed by atoms with Crippen LogP contribution in [0.15, 0.2) is 113 Å². The number of urea groups is 1. The van der Waals surface area contributed by atoms with Crippen molar-refractivity contribution in [1.82, 2.24) is 4.98 Å². The van der Waals surface area contributed by atoms with Crippen LogP contribution in [0.2, 0.25) is 10.0 Å². The molecule has 0 bridgehead atoms. The number of rotatable bonds is 8. The van der Waals surface area contributed by atoms with Crippen molar-refractivity contribution in [2.24, 2.45) is 0 Å². The molecule has 6 nitrogen and oxygen atoms in total. The van der Waals surface area contributed by atoms with Gasteiger partial charge in [0.15, 0.2) is 5.13 Å². The number of halogens is 2. The van der Waals surface area contributed by atoms with E-state index in [2.05, 4.69) is 20.9 Å². The monoisotopic (exact) mass is 604 g/mol. The molecule has 0 saturated carbocycles. The number of carbonyl (C=O) groups excluding carboxylic acids is 2. The second-order valence-corrected chi connectivity index (χ2v) is 11.4. The molecule has 1 atom stereocenters. The van der Waals surface area contributed by atoms with Gasteiger partial charge < -0.3 is 16.0 Å². The average molecular weight is 606 g/mol. The molecule has 1 unspecified atom stereocenters. The van der Waals surface area contributed by atoms with E-state index in [0.29, 0.717) is 32.2 Å². The fourth-order valence-corrected chi connectivity index (χ4v) is 6.03. The van der Waals surface area contributed by atoms with Gasteiger partial charge in [0.25, 0.3) is 0 Å². The molecule has 0 saturated heterocycles. The summed E-state index contributed by atoms with van der Waals surface area (Å²) >= 11 is 15.1. The third-order valence-corrected chi connectivity index (χ3v) is 8.25. The van der Waals surface area contributed by atoms with Gasteiger partial charge in [0.05, 0.1) is 10.7 Å². The lowest BCUT2D eigenvalue weighted by Gasteiger charge is -2.16. The summed E-state index contributed by atoms with van der Waals surface area (Å²) < 4.78 is 0. The Balaban J connectivity index is 1.27. The fourth-order valence-electron chi connectivity index (χ4n) is 3.79. The Bertz CT molecular complexity index is 1610. The summed E-state index contributed by atoms with van der Waals surface area (Å²) in [6.45, 7) is 0. The molecule has 1 aromatic heterocycles. The molecule has 0 radical (unpaired) electrons. The van der Waals surface area contributed by atoms with Gasteiger partial charge in [0.2, 0.25) is 5.91 Å². The first-order valence-corrected chi connectivity index (χ1v) is 14.6. The zero-order valence-corrected chi connectivity index (χ0v) is 24.0. The normalized spacial score (nSPS) is 11.4. The topological polar surface area (TPSA) is 83.1 Å². The number of nitrogens with one attached hydrogen (secondary N) is 3. The number of benzene rings is 4. The van der Waals surface area contributed by atoms with Crippen LogP contribution in [0.3, 0.4) is 0 Å². The molecule has 0 aliphatic heterocycles. The van der Waals surface area contributed by atoms with Gasteiger partial charge in [-0.05, 0) is 60.2 Å². The van der Waals surface area contributed by atoms with E-state index in [1.165, 1.54) is 23.1 Å². The van der Waals surface area contributed by atoms with Crippen molar-refractivity contribution >= 4 is 74.7 Å². The average Bonchev–Trinajstić information content (AvgIpc) is 3.41. The number of anilines is 3. The molecule has 10 heteroatoms. The van der Waals surface area contributed by atoms with Gasteiger partial charge in [-0.25, -0.2) is 9.78 Å². The van der Waals surface area contributed by atoms with Crippen LogP contribution in [0.5, 0.6) is 0 Å². The van der Waals surface area contributed by atoms with Crippen molar-refractivity contribution in [2.45, 2.75) is 10.1 Å². The minimum absolute atomic E-state index is 0.205. The Labute approximate surface area is 249 Å². The van der Waals surface area contributed by atoms with Gasteiger partial charge in [0, 0.05) is 32.2 Å². The number of aromatic nitrogens is 1. The SMILES string of the molecule is O=C(Nc1ccccc1)Nc1ccc(SC(C(=O)Nc2nc(-c3ccc(Cl)cc3Cl)cs2)c2ccccc2)cc1. The van der Waals surface area contributed by atoms with Crippen molar-refractivity contribution in [3.63, 3.8) is 0 Å². The molecule has 0 spiro atoms. The number of hydrogen-bond acceptors (Lipinski definition) is 5. The van der Waals surface area contributed by atoms with Gasteiger partial charge in [-0.1, -0.05) is 71.7 Å². The van der Waals surface area contributed by atoms with Crippen molar-refractivity contribution < 1.29 is 9.59 Å². The number of para-hydroxylation sites is 1. The second-order valence-electron chi connectivity index (χ2n) is 8.53. The van der Waals surface area contributed by atoms with E-state index in [0.717, 1.165) is 16.0 Å². The molecular weight excluding hydrogens is 583 g/mol. The quantitative estimate of drug-likeness (QED) is 0.154. The zero-order valence-electron chi connectivity index (χ0n) is 20.8. The molecule has 1 heterocycles. The molecule has 200 valence electrons. The number of nitrogens with zero attached hydrogens (tertiary/aromatic N) is 1. The highest BCUT2D eigenvalue weighted by Crippen LogP contribution is 2.38. The maximum absolute atomic E-state index is 13.5. The lowest BCUT2D eigenvalue weighted by Crippen LogP contribution is -2.19. The molecule has 3 amide bonds. The minimum atomic E-state index is -0.534. The Hall–Kier alpha value is -3.82. The molecule has 4 aromatic carbocycles. The number of carbonyl (C=O) groups is 2. The molecule has 0 aliphatic rings. The Morgan fingerprint density at radius 2 is 1.43 bits per heavy atom. The fraction of sp³-hybridized carbons (Fsp3) is 0.0333. The summed E-state index contributed by atoms with van der Waals surface area (Å²) in [7, 11) is 0. The number of amides is 3. The van der Waals surface area contributed by atoms with Gasteiger partial charge in [0.1, 0.15) is 5.25 Å². The summed E-state index contributed by atoms with van der Waals surface area (Å²) in [5.41, 5.74) is 3.59. The van der Waals surface area contributed by atoms with E-state index >= 15 is 0 Å². The molecule has 0 fully saturated rings. The molecule has 0 aliphatic carbocycles. The molecule has 5 rings (SSSR count). The standard InChI is InChI=1S/C30H22Cl2N4O2S2/c31-20-11-16-24(25(32)17-20)26-18-39-30(35-26)36-28(37)27(19-7-3-1-4-8-19)40-23-14-12-22(13-15-23)34-29(38)33-21-9-5-2-6-10-21/h1-18,27H,(H2,33,34,38)(H,35,36,37). The summed E-state index contributed by atoms with van der Waals surface area (Å²) in [6.07, 6.45) is 0. The van der Waals surface area contributed by atoms with Gasteiger partial charge in [-0.2, -0.15) is 0 Å². The van der Waals surface area contributed by atoms with Crippen LogP contribution >= 0.6 is 46.3 Å². The Morgan fingerprint density at radius 1 is 0.775 bits per heavy atom. The second kappa shape index (κ2) is 13.0. The lowest BCUT2D eigenvalue weighted by atomic mass is 10.1. The lowest BCUT2D eigenvalue weighted by molar-refractivity contribution is -0.115. The maximum atomic E-state index is 13.5. The molecule has 5 aromatic rings. The van der Waals surface area contributed by atoms with E-state index in [1.54, 1.807) is 30.3 Å². The third-order valence-electron chi connectivity index (χ3n) is 5.68. The summed E-state index contributed by atoms with van der Waals surface area (Å²) in [5, 5.41) is 11.4. The highest BCUT2D eigenvalue weighted by Gasteiger charge is 2.23. The van der Waals surface area contributed by atoms with Crippen LogP contribution in [-0.2, 0) is 4.79 Å². The highest BCUT2D eigenvalue weighted by molar-refractivity contribution is 8.00. The van der Waals surface area contributed by atoms with Crippen LogP contribution in [0.25, 0.3) is 11.3 Å². The number of thiazole rings is 1. The van der Waals surface area contributed by atoms with Gasteiger partial charge in [-0.15, -0.1) is 23.1 Å². The summed E-state index contributed by atoms with van der Waals surface area (Å²) in [5.74, 6) is -0.205. The van der Waals surface area contributed by atoms with Crippen LogP contribution in [-0.4, -0.2) is 16.9 Å². The van der Waals surface area contributed by atoms with E-state index in [-0.39, 0.29) is 11.9 Å². The Morgan fingerprint density at radius 3 is 2.10 bits per heavy atom. The largest absolute Gasteiger partial charge is 0.323 e. The molecule has 3 N–H and O–H groups in total. The van der Waals surface area contributed by atoms with Crippen molar-refractivity contribution in [3.05, 3.63) is 124 Å². The minimum Gasteiger partial charge on any atom is -0.308 e. The number of thioether (sulfide) groups is 1. The van der Waals surface area contributed by atoms with E-state index in [1.807, 2.05) is 78.2 Å².